The molecule has 2 atom stereocenters. The van der Waals surface area contributed by atoms with Crippen LogP contribution in [0.2, 0.25) is 0 Å². The van der Waals surface area contributed by atoms with E-state index >= 15 is 0 Å². The molecule has 0 amide bonds. The van der Waals surface area contributed by atoms with Gasteiger partial charge in [0.2, 0.25) is 0 Å². The molecule has 0 radical (unpaired) electrons. The van der Waals surface area contributed by atoms with E-state index in [4.69, 9.17) is 9.47 Å². The number of carbonyl (C=O) groups excluding carboxylic acids is 2. The molecule has 0 aliphatic rings. The maximum Gasteiger partial charge on any atom is 0.343 e. The highest BCUT2D eigenvalue weighted by Crippen LogP contribution is 2.25. The summed E-state index contributed by atoms with van der Waals surface area (Å²) >= 11 is 0. The predicted octanol–water partition coefficient (Wildman–Crippen LogP) is 3.51. The van der Waals surface area contributed by atoms with Crippen LogP contribution in [0.5, 0.6) is 11.5 Å². The summed E-state index contributed by atoms with van der Waals surface area (Å²) in [5.74, 6) is -1.90. The van der Waals surface area contributed by atoms with Gasteiger partial charge in [-0.3, -0.25) is 0 Å². The van der Waals surface area contributed by atoms with E-state index in [1.807, 2.05) is 0 Å². The van der Waals surface area contributed by atoms with Gasteiger partial charge in [0, 0.05) is 0 Å². The van der Waals surface area contributed by atoms with Crippen LogP contribution in [0.1, 0.15) is 52.7 Å². The average Bonchev–Trinajstić information content (AvgIpc) is 2.66. The number of esters is 2. The van der Waals surface area contributed by atoms with Crippen molar-refractivity contribution in [2.24, 2.45) is 0 Å². The van der Waals surface area contributed by atoms with Crippen molar-refractivity contribution in [3.8, 4) is 11.5 Å². The molecule has 6 heteroatoms. The molecule has 162 valence electrons. The van der Waals surface area contributed by atoms with Crippen molar-refractivity contribution < 1.29 is 29.3 Å². The van der Waals surface area contributed by atoms with Crippen LogP contribution in [-0.2, 0) is 20.4 Å². The SMILES string of the molecule is CC(C)(C)c1ccc(OC(=O)[C@H](O)[C@@H](O)C(=O)Oc2ccc(C(C)(C)C)cc2)cc1. The van der Waals surface area contributed by atoms with Crippen LogP contribution in [0.3, 0.4) is 0 Å². The molecule has 0 spiro atoms. The van der Waals surface area contributed by atoms with Gasteiger partial charge in [-0.15, -0.1) is 0 Å². The Balaban J connectivity index is 1.97. The number of rotatable bonds is 5. The van der Waals surface area contributed by atoms with Gasteiger partial charge in [-0.2, -0.15) is 0 Å². The molecule has 0 aliphatic carbocycles. The Labute approximate surface area is 177 Å². The predicted molar refractivity (Wildman–Crippen MR) is 114 cm³/mol. The van der Waals surface area contributed by atoms with E-state index in [1.165, 1.54) is 0 Å². The molecule has 0 aliphatic heterocycles. The van der Waals surface area contributed by atoms with E-state index in [0.717, 1.165) is 11.1 Å². The molecule has 2 rings (SSSR count). The molecular weight excluding hydrogens is 384 g/mol. The topological polar surface area (TPSA) is 93.1 Å². The van der Waals surface area contributed by atoms with Crippen LogP contribution in [0, 0.1) is 0 Å². The van der Waals surface area contributed by atoms with E-state index in [-0.39, 0.29) is 22.3 Å². The Kier molecular flexibility index (Phi) is 7.06. The Morgan fingerprint density at radius 2 is 0.900 bits per heavy atom. The summed E-state index contributed by atoms with van der Waals surface area (Å²) in [4.78, 5) is 24.2. The zero-order valence-electron chi connectivity index (χ0n) is 18.3. The van der Waals surface area contributed by atoms with Crippen molar-refractivity contribution in [2.45, 2.75) is 64.6 Å². The minimum Gasteiger partial charge on any atom is -0.425 e. The lowest BCUT2D eigenvalue weighted by Gasteiger charge is -2.20. The number of hydrogen-bond donors (Lipinski definition) is 2. The summed E-state index contributed by atoms with van der Waals surface area (Å²) in [6, 6.07) is 13.6. The van der Waals surface area contributed by atoms with Crippen LogP contribution in [0.25, 0.3) is 0 Å². The molecule has 0 unspecified atom stereocenters. The van der Waals surface area contributed by atoms with Gasteiger partial charge in [-0.25, -0.2) is 9.59 Å². The summed E-state index contributed by atoms with van der Waals surface area (Å²) < 4.78 is 10.1. The molecule has 0 saturated carbocycles. The van der Waals surface area contributed by atoms with Gasteiger partial charge in [0.15, 0.2) is 12.2 Å². The lowest BCUT2D eigenvalue weighted by molar-refractivity contribution is -0.162. The van der Waals surface area contributed by atoms with Gasteiger partial charge in [-0.05, 0) is 46.2 Å². The van der Waals surface area contributed by atoms with Crippen molar-refractivity contribution in [3.63, 3.8) is 0 Å². The minimum absolute atomic E-state index is 0.0624. The lowest BCUT2D eigenvalue weighted by Crippen LogP contribution is -2.43. The van der Waals surface area contributed by atoms with E-state index < -0.39 is 24.1 Å². The third kappa shape index (κ3) is 6.15. The second-order valence-corrected chi connectivity index (χ2v) is 9.28. The summed E-state index contributed by atoms with van der Waals surface area (Å²) in [6.07, 6.45) is -4.15. The molecule has 30 heavy (non-hydrogen) atoms. The first kappa shape index (κ1) is 23.6. The van der Waals surface area contributed by atoms with E-state index in [0.29, 0.717) is 0 Å². The number of carbonyl (C=O) groups is 2. The maximum atomic E-state index is 12.1. The molecule has 2 aromatic carbocycles. The Bertz CT molecular complexity index is 794. The van der Waals surface area contributed by atoms with E-state index in [9.17, 15) is 19.8 Å². The fourth-order valence-electron chi connectivity index (χ4n) is 2.66. The molecule has 0 bridgehead atoms. The standard InChI is InChI=1S/C24H30O6/c1-23(2,3)15-7-11-17(12-8-15)29-21(27)19(25)20(26)22(28)30-18-13-9-16(10-14-18)24(4,5)6/h7-14,19-20,25-26H,1-6H3/t19-,20-/m1/s1. The third-order valence-electron chi connectivity index (χ3n) is 4.66. The van der Waals surface area contributed by atoms with Crippen molar-refractivity contribution in [3.05, 3.63) is 59.7 Å². The second-order valence-electron chi connectivity index (χ2n) is 9.28. The molecule has 2 N–H and O–H groups in total. The Hall–Kier alpha value is -2.70. The fourth-order valence-corrected chi connectivity index (χ4v) is 2.66. The second kappa shape index (κ2) is 8.98. The van der Waals surface area contributed by atoms with Gasteiger partial charge < -0.3 is 19.7 Å². The first-order valence-corrected chi connectivity index (χ1v) is 9.79. The largest absolute Gasteiger partial charge is 0.425 e. The molecule has 2 aromatic rings. The van der Waals surface area contributed by atoms with Crippen LogP contribution in [-0.4, -0.2) is 34.4 Å². The third-order valence-corrected chi connectivity index (χ3v) is 4.66. The normalized spacial score (nSPS) is 14.0. The fraction of sp³-hybridized carbons (Fsp3) is 0.417. The molecule has 0 fully saturated rings. The first-order valence-electron chi connectivity index (χ1n) is 9.79. The zero-order chi connectivity index (χ0) is 22.7. The van der Waals surface area contributed by atoms with Crippen molar-refractivity contribution in [1.29, 1.82) is 0 Å². The van der Waals surface area contributed by atoms with E-state index in [1.54, 1.807) is 48.5 Å². The summed E-state index contributed by atoms with van der Waals surface area (Å²) in [5.41, 5.74) is 1.97. The summed E-state index contributed by atoms with van der Waals surface area (Å²) in [7, 11) is 0. The molecule has 0 saturated heterocycles. The molecule has 6 nitrogen and oxygen atoms in total. The van der Waals surface area contributed by atoms with Crippen LogP contribution in [0.4, 0.5) is 0 Å². The highest BCUT2D eigenvalue weighted by atomic mass is 16.6. The number of aliphatic hydroxyl groups excluding tert-OH is 2. The van der Waals surface area contributed by atoms with Gasteiger partial charge >= 0.3 is 11.9 Å². The minimum atomic E-state index is -2.08. The van der Waals surface area contributed by atoms with Crippen molar-refractivity contribution in [1.82, 2.24) is 0 Å². The lowest BCUT2D eigenvalue weighted by atomic mass is 9.87. The number of benzene rings is 2. The smallest absolute Gasteiger partial charge is 0.343 e. The number of ether oxygens (including phenoxy) is 2. The monoisotopic (exact) mass is 414 g/mol. The van der Waals surface area contributed by atoms with Crippen molar-refractivity contribution in [2.75, 3.05) is 0 Å². The van der Waals surface area contributed by atoms with Gasteiger partial charge in [0.1, 0.15) is 11.5 Å². The Morgan fingerprint density at radius 1 is 0.633 bits per heavy atom. The summed E-state index contributed by atoms with van der Waals surface area (Å²) in [5, 5.41) is 20.0. The maximum absolute atomic E-state index is 12.1. The quantitative estimate of drug-likeness (QED) is 0.574. The van der Waals surface area contributed by atoms with E-state index in [2.05, 4.69) is 41.5 Å². The Morgan fingerprint density at radius 3 is 1.13 bits per heavy atom. The highest BCUT2D eigenvalue weighted by Gasteiger charge is 2.33. The van der Waals surface area contributed by atoms with Crippen LogP contribution >= 0.6 is 0 Å². The zero-order valence-corrected chi connectivity index (χ0v) is 18.3. The van der Waals surface area contributed by atoms with Gasteiger partial charge in [0.05, 0.1) is 0 Å². The number of aliphatic hydroxyl groups is 2. The number of hydrogen-bond acceptors (Lipinski definition) is 6. The molecule has 0 heterocycles. The van der Waals surface area contributed by atoms with Crippen LogP contribution < -0.4 is 9.47 Å². The van der Waals surface area contributed by atoms with Gasteiger partial charge in [-0.1, -0.05) is 65.8 Å². The van der Waals surface area contributed by atoms with Gasteiger partial charge in [0.25, 0.3) is 0 Å². The highest BCUT2D eigenvalue weighted by molar-refractivity contribution is 5.87. The summed E-state index contributed by atoms with van der Waals surface area (Å²) in [6.45, 7) is 12.3. The first-order chi connectivity index (χ1) is 13.8. The molecular formula is C24H30O6. The average molecular weight is 414 g/mol. The van der Waals surface area contributed by atoms with Crippen molar-refractivity contribution >= 4 is 11.9 Å². The molecule has 0 aromatic heterocycles. The van der Waals surface area contributed by atoms with Crippen LogP contribution in [0.15, 0.2) is 48.5 Å².